The minimum Gasteiger partial charge on any atom is -0.497 e. The number of halogens is 3. The summed E-state index contributed by atoms with van der Waals surface area (Å²) in [5.41, 5.74) is 1.51. The third kappa shape index (κ3) is 5.19. The van der Waals surface area contributed by atoms with Crippen molar-refractivity contribution in [1.82, 2.24) is 9.88 Å². The van der Waals surface area contributed by atoms with Crippen molar-refractivity contribution >= 4 is 32.6 Å². The van der Waals surface area contributed by atoms with Crippen LogP contribution in [0.15, 0.2) is 42.5 Å². The topological polar surface area (TPSA) is 54.9 Å². The molecule has 2 aromatic carbocycles. The second kappa shape index (κ2) is 8.62. The number of thiazole rings is 1. The number of benzene rings is 2. The Morgan fingerprint density at radius 3 is 2.58 bits per heavy atom. The van der Waals surface area contributed by atoms with Crippen LogP contribution < -0.4 is 14.4 Å². The molecule has 1 fully saturated rings. The number of anilines is 1. The first kappa shape index (κ1) is 21.2. The quantitative estimate of drug-likeness (QED) is 0.585. The zero-order valence-electron chi connectivity index (χ0n) is 16.7. The molecule has 4 rings (SSSR count). The van der Waals surface area contributed by atoms with E-state index in [9.17, 15) is 18.0 Å². The van der Waals surface area contributed by atoms with Crippen molar-refractivity contribution in [3.05, 3.63) is 48.0 Å². The van der Waals surface area contributed by atoms with Crippen LogP contribution in [0.5, 0.6) is 11.5 Å². The Labute approximate surface area is 180 Å². The summed E-state index contributed by atoms with van der Waals surface area (Å²) in [5, 5.41) is 0.721. The zero-order chi connectivity index (χ0) is 22.0. The molecule has 0 spiro atoms. The van der Waals surface area contributed by atoms with Crippen LogP contribution in [0.3, 0.4) is 0 Å². The Hall–Kier alpha value is -3.01. The van der Waals surface area contributed by atoms with Gasteiger partial charge in [-0.05, 0) is 29.8 Å². The number of methoxy groups -OCH3 is 1. The smallest absolute Gasteiger partial charge is 0.497 e. The molecule has 0 aliphatic carbocycles. The monoisotopic (exact) mass is 451 g/mol. The molecule has 1 aliphatic heterocycles. The van der Waals surface area contributed by atoms with Gasteiger partial charge in [0.25, 0.3) is 0 Å². The maximum atomic E-state index is 12.7. The van der Waals surface area contributed by atoms with Crippen molar-refractivity contribution in [1.29, 1.82) is 0 Å². The van der Waals surface area contributed by atoms with E-state index in [0.29, 0.717) is 42.8 Å². The molecule has 2 heterocycles. The van der Waals surface area contributed by atoms with E-state index >= 15 is 0 Å². The Bertz CT molecular complexity index is 1080. The Morgan fingerprint density at radius 1 is 1.10 bits per heavy atom. The number of carbonyl (C=O) groups is 1. The van der Waals surface area contributed by atoms with Gasteiger partial charge in [-0.15, -0.1) is 13.2 Å². The molecule has 6 nitrogen and oxygen atoms in total. The number of carbonyl (C=O) groups excluding carboxylic acids is 1. The van der Waals surface area contributed by atoms with Crippen molar-refractivity contribution in [3.8, 4) is 11.5 Å². The Morgan fingerprint density at radius 2 is 1.87 bits per heavy atom. The fourth-order valence-corrected chi connectivity index (χ4v) is 4.49. The van der Waals surface area contributed by atoms with Crippen LogP contribution in [0.4, 0.5) is 18.3 Å². The molecular formula is C21H20F3N3O3S. The Balaban J connectivity index is 1.37. The number of nitrogens with zero attached hydrogens (tertiary/aromatic N) is 3. The summed E-state index contributed by atoms with van der Waals surface area (Å²) in [6.45, 7) is 2.33. The number of amides is 1. The maximum Gasteiger partial charge on any atom is 0.573 e. The fraction of sp³-hybridized carbons (Fsp3) is 0.333. The lowest BCUT2D eigenvalue weighted by atomic mass is 10.1. The number of alkyl halides is 3. The predicted octanol–water partition coefficient (Wildman–Crippen LogP) is 4.09. The van der Waals surface area contributed by atoms with Gasteiger partial charge in [0.05, 0.1) is 23.7 Å². The fourth-order valence-electron chi connectivity index (χ4n) is 3.44. The van der Waals surface area contributed by atoms with Crippen molar-refractivity contribution in [2.75, 3.05) is 38.2 Å². The summed E-state index contributed by atoms with van der Waals surface area (Å²) in [4.78, 5) is 21.0. The molecule has 0 atom stereocenters. The van der Waals surface area contributed by atoms with Crippen molar-refractivity contribution < 1.29 is 27.4 Å². The van der Waals surface area contributed by atoms with Gasteiger partial charge in [-0.2, -0.15) is 0 Å². The lowest BCUT2D eigenvalue weighted by Gasteiger charge is -2.34. The van der Waals surface area contributed by atoms with Crippen LogP contribution in [0.1, 0.15) is 5.56 Å². The van der Waals surface area contributed by atoms with Crippen LogP contribution in [0.25, 0.3) is 10.2 Å². The number of rotatable bonds is 5. The van der Waals surface area contributed by atoms with Gasteiger partial charge in [0.15, 0.2) is 5.13 Å². The molecule has 31 heavy (non-hydrogen) atoms. The van der Waals surface area contributed by atoms with Gasteiger partial charge in [-0.3, -0.25) is 4.79 Å². The van der Waals surface area contributed by atoms with E-state index in [0.717, 1.165) is 16.4 Å². The normalized spacial score (nSPS) is 14.7. The average molecular weight is 451 g/mol. The molecule has 0 saturated carbocycles. The number of hydrogen-bond donors (Lipinski definition) is 0. The van der Waals surface area contributed by atoms with Crippen molar-refractivity contribution in [2.45, 2.75) is 12.8 Å². The lowest BCUT2D eigenvalue weighted by Crippen LogP contribution is -2.49. The van der Waals surface area contributed by atoms with E-state index in [4.69, 9.17) is 4.74 Å². The summed E-state index contributed by atoms with van der Waals surface area (Å²) in [7, 11) is 1.59. The second-order valence-corrected chi connectivity index (χ2v) is 8.08. The molecule has 1 amide bonds. The van der Waals surface area contributed by atoms with Crippen LogP contribution in [0, 0.1) is 0 Å². The van der Waals surface area contributed by atoms with E-state index in [1.54, 1.807) is 7.11 Å². The standard InChI is InChI=1S/C21H20F3N3O3S/c1-29-15-4-2-3-14(11-15)12-19(28)26-7-9-27(10-8-26)20-25-17-6-5-16(13-18(17)31-20)30-21(22,23)24/h2-6,11,13H,7-10,12H2,1H3. The van der Waals surface area contributed by atoms with Gasteiger partial charge in [0.2, 0.25) is 5.91 Å². The molecular weight excluding hydrogens is 431 g/mol. The second-order valence-electron chi connectivity index (χ2n) is 7.07. The van der Waals surface area contributed by atoms with Crippen molar-refractivity contribution in [2.24, 2.45) is 0 Å². The highest BCUT2D eigenvalue weighted by Gasteiger charge is 2.31. The summed E-state index contributed by atoms with van der Waals surface area (Å²) in [6.07, 6.45) is -4.42. The molecule has 10 heteroatoms. The highest BCUT2D eigenvalue weighted by molar-refractivity contribution is 7.22. The van der Waals surface area contributed by atoms with Gasteiger partial charge < -0.3 is 19.3 Å². The molecule has 164 valence electrons. The molecule has 0 radical (unpaired) electrons. The van der Waals surface area contributed by atoms with Crippen LogP contribution >= 0.6 is 11.3 Å². The number of aromatic nitrogens is 1. The zero-order valence-corrected chi connectivity index (χ0v) is 17.5. The van der Waals surface area contributed by atoms with Crippen LogP contribution in [-0.4, -0.2) is 55.4 Å². The lowest BCUT2D eigenvalue weighted by molar-refractivity contribution is -0.274. The molecule has 1 aliphatic rings. The van der Waals surface area contributed by atoms with Crippen molar-refractivity contribution in [3.63, 3.8) is 0 Å². The summed E-state index contributed by atoms with van der Waals surface area (Å²) >= 11 is 1.31. The SMILES string of the molecule is COc1cccc(CC(=O)N2CCN(c3nc4ccc(OC(F)(F)F)cc4s3)CC2)c1. The predicted molar refractivity (Wildman–Crippen MR) is 112 cm³/mol. The first-order valence-electron chi connectivity index (χ1n) is 9.63. The minimum atomic E-state index is -4.73. The first-order chi connectivity index (χ1) is 14.8. The minimum absolute atomic E-state index is 0.0474. The summed E-state index contributed by atoms with van der Waals surface area (Å²) < 4.78 is 47.1. The third-order valence-electron chi connectivity index (χ3n) is 4.97. The summed E-state index contributed by atoms with van der Waals surface area (Å²) in [5.74, 6) is 0.504. The van der Waals surface area contributed by atoms with Crippen LogP contribution in [0.2, 0.25) is 0 Å². The maximum absolute atomic E-state index is 12.7. The third-order valence-corrected chi connectivity index (χ3v) is 6.05. The average Bonchev–Trinajstić information content (AvgIpc) is 3.16. The van der Waals surface area contributed by atoms with E-state index in [1.165, 1.54) is 29.5 Å². The van der Waals surface area contributed by atoms with E-state index in [-0.39, 0.29) is 11.7 Å². The molecule has 3 aromatic rings. The van der Waals surface area contributed by atoms with Gasteiger partial charge in [-0.25, -0.2) is 4.98 Å². The molecule has 0 bridgehead atoms. The Kier molecular flexibility index (Phi) is 5.90. The molecule has 1 aromatic heterocycles. The van der Waals surface area contributed by atoms with Gasteiger partial charge in [-0.1, -0.05) is 23.5 Å². The number of piperazine rings is 1. The van der Waals surface area contributed by atoms with Gasteiger partial charge in [0.1, 0.15) is 11.5 Å². The summed E-state index contributed by atoms with van der Waals surface area (Å²) in [6, 6.07) is 11.6. The van der Waals surface area contributed by atoms with Crippen LogP contribution in [-0.2, 0) is 11.2 Å². The molecule has 0 unspecified atom stereocenters. The number of hydrogen-bond acceptors (Lipinski definition) is 6. The first-order valence-corrected chi connectivity index (χ1v) is 10.4. The number of ether oxygens (including phenoxy) is 2. The van der Waals surface area contributed by atoms with E-state index in [2.05, 4.69) is 9.72 Å². The van der Waals surface area contributed by atoms with E-state index in [1.807, 2.05) is 34.1 Å². The van der Waals surface area contributed by atoms with E-state index < -0.39 is 6.36 Å². The molecule has 1 saturated heterocycles. The van der Waals surface area contributed by atoms with Gasteiger partial charge in [0, 0.05) is 32.2 Å². The molecule has 0 N–H and O–H groups in total. The van der Waals surface area contributed by atoms with Gasteiger partial charge >= 0.3 is 6.36 Å². The highest BCUT2D eigenvalue weighted by atomic mass is 32.1. The number of fused-ring (bicyclic) bond motifs is 1. The highest BCUT2D eigenvalue weighted by Crippen LogP contribution is 2.33. The largest absolute Gasteiger partial charge is 0.573 e.